The SMILES string of the molecule is CCN(CC)CCc1cccc(C(c2ccccc2Cl)c2cccc(CCN(CC)CC)c2NCCCl)c1NCCCl. The molecule has 0 aliphatic carbocycles. The summed E-state index contributed by atoms with van der Waals surface area (Å²) in [5.41, 5.74) is 8.42. The molecule has 0 aliphatic heterocycles. The van der Waals surface area contributed by atoms with Gasteiger partial charge in [0.1, 0.15) is 0 Å². The van der Waals surface area contributed by atoms with Gasteiger partial charge in [0.15, 0.2) is 0 Å². The van der Waals surface area contributed by atoms with E-state index in [1.807, 2.05) is 12.1 Å². The van der Waals surface area contributed by atoms with Crippen molar-refractivity contribution >= 4 is 46.2 Å². The molecule has 0 amide bonds. The first-order chi connectivity index (χ1) is 20.5. The standard InChI is InChI=1S/C35H49Cl3N4/c1-5-41(6-2)25-19-27-13-11-16-30(34(27)39-23-21-36)33(29-15-9-10-18-32(29)38)31-17-12-14-28(35(31)40-24-22-37)20-26-42(7-3)8-4/h9-18,33,39-40H,5-8,19-26H2,1-4H3. The van der Waals surface area contributed by atoms with Crippen LogP contribution in [0.3, 0.4) is 0 Å². The Morgan fingerprint density at radius 3 is 1.43 bits per heavy atom. The van der Waals surface area contributed by atoms with E-state index in [0.29, 0.717) is 24.8 Å². The largest absolute Gasteiger partial charge is 0.383 e. The molecule has 0 bridgehead atoms. The lowest BCUT2D eigenvalue weighted by atomic mass is 9.81. The number of rotatable bonds is 19. The molecule has 0 radical (unpaired) electrons. The van der Waals surface area contributed by atoms with E-state index in [9.17, 15) is 0 Å². The van der Waals surface area contributed by atoms with Crippen molar-refractivity contribution in [3.05, 3.63) is 93.5 Å². The topological polar surface area (TPSA) is 30.5 Å². The highest BCUT2D eigenvalue weighted by atomic mass is 35.5. The molecule has 0 heterocycles. The molecule has 230 valence electrons. The quantitative estimate of drug-likeness (QED) is 0.102. The summed E-state index contributed by atoms with van der Waals surface area (Å²) in [5, 5.41) is 8.20. The summed E-state index contributed by atoms with van der Waals surface area (Å²) < 4.78 is 0. The van der Waals surface area contributed by atoms with Crippen molar-refractivity contribution in [1.82, 2.24) is 9.80 Å². The Morgan fingerprint density at radius 2 is 1.02 bits per heavy atom. The fourth-order valence-electron chi connectivity index (χ4n) is 5.76. The smallest absolute Gasteiger partial charge is 0.0447 e. The number of anilines is 2. The van der Waals surface area contributed by atoms with E-state index in [-0.39, 0.29) is 5.92 Å². The van der Waals surface area contributed by atoms with Crippen LogP contribution in [0.2, 0.25) is 5.02 Å². The van der Waals surface area contributed by atoms with Crippen molar-refractivity contribution in [3.63, 3.8) is 0 Å². The van der Waals surface area contributed by atoms with Crippen molar-refractivity contribution in [2.45, 2.75) is 46.5 Å². The average molecular weight is 632 g/mol. The predicted octanol–water partition coefficient (Wildman–Crippen LogP) is 8.59. The molecule has 0 aromatic heterocycles. The summed E-state index contributed by atoms with van der Waals surface area (Å²) in [6.07, 6.45) is 1.91. The second-order valence-corrected chi connectivity index (χ2v) is 11.7. The van der Waals surface area contributed by atoms with E-state index in [1.54, 1.807) is 0 Å². The molecule has 7 heteroatoms. The number of nitrogens with one attached hydrogen (secondary N) is 2. The lowest BCUT2D eigenvalue weighted by Gasteiger charge is -2.29. The van der Waals surface area contributed by atoms with Crippen LogP contribution in [0.25, 0.3) is 0 Å². The highest BCUT2D eigenvalue weighted by molar-refractivity contribution is 6.31. The molecule has 0 aliphatic rings. The number of nitrogens with zero attached hydrogens (tertiary/aromatic N) is 2. The summed E-state index contributed by atoms with van der Waals surface area (Å²) in [7, 11) is 0. The van der Waals surface area contributed by atoms with Crippen molar-refractivity contribution in [2.75, 3.05) is 74.8 Å². The maximum atomic E-state index is 7.00. The van der Waals surface area contributed by atoms with Crippen LogP contribution in [0.1, 0.15) is 61.4 Å². The fourth-order valence-corrected chi connectivity index (χ4v) is 6.20. The minimum atomic E-state index is -0.0869. The zero-order chi connectivity index (χ0) is 30.3. The van der Waals surface area contributed by atoms with E-state index in [2.05, 4.69) is 96.7 Å². The molecule has 3 aromatic rings. The number of hydrogen-bond acceptors (Lipinski definition) is 4. The van der Waals surface area contributed by atoms with Crippen molar-refractivity contribution in [2.24, 2.45) is 0 Å². The molecule has 0 unspecified atom stereocenters. The number of hydrogen-bond donors (Lipinski definition) is 2. The van der Waals surface area contributed by atoms with Gasteiger partial charge in [0, 0.05) is 60.3 Å². The molecule has 4 nitrogen and oxygen atoms in total. The van der Waals surface area contributed by atoms with Gasteiger partial charge in [-0.1, -0.05) is 93.9 Å². The highest BCUT2D eigenvalue weighted by Crippen LogP contribution is 2.44. The van der Waals surface area contributed by atoms with Crippen LogP contribution < -0.4 is 10.6 Å². The Balaban J connectivity index is 2.24. The van der Waals surface area contributed by atoms with Gasteiger partial charge >= 0.3 is 0 Å². The van der Waals surface area contributed by atoms with Gasteiger partial charge < -0.3 is 20.4 Å². The van der Waals surface area contributed by atoms with Crippen LogP contribution in [0.4, 0.5) is 11.4 Å². The molecule has 0 fully saturated rings. The zero-order valence-corrected chi connectivity index (χ0v) is 28.1. The van der Waals surface area contributed by atoms with Crippen LogP contribution in [0.5, 0.6) is 0 Å². The minimum Gasteiger partial charge on any atom is -0.383 e. The molecular formula is C35H49Cl3N4. The fraction of sp³-hybridized carbons (Fsp3) is 0.486. The van der Waals surface area contributed by atoms with Crippen molar-refractivity contribution in [3.8, 4) is 0 Å². The molecule has 0 saturated carbocycles. The number of para-hydroxylation sites is 2. The minimum absolute atomic E-state index is 0.0869. The summed E-state index contributed by atoms with van der Waals surface area (Å²) in [6.45, 7) is 16.4. The summed E-state index contributed by atoms with van der Waals surface area (Å²) >= 11 is 19.5. The van der Waals surface area contributed by atoms with Gasteiger partial charge in [-0.2, -0.15) is 0 Å². The first-order valence-corrected chi connectivity index (χ1v) is 17.0. The monoisotopic (exact) mass is 630 g/mol. The Bertz CT molecular complexity index is 1140. The Morgan fingerprint density at radius 1 is 0.595 bits per heavy atom. The average Bonchev–Trinajstić information content (AvgIpc) is 3.02. The van der Waals surface area contributed by atoms with Gasteiger partial charge in [-0.3, -0.25) is 0 Å². The third kappa shape index (κ3) is 9.27. The van der Waals surface area contributed by atoms with Gasteiger partial charge in [-0.15, -0.1) is 23.2 Å². The molecular weight excluding hydrogens is 583 g/mol. The lowest BCUT2D eigenvalue weighted by molar-refractivity contribution is 0.308. The summed E-state index contributed by atoms with van der Waals surface area (Å²) in [6, 6.07) is 21.6. The second-order valence-electron chi connectivity index (χ2n) is 10.5. The van der Waals surface area contributed by atoms with E-state index in [4.69, 9.17) is 34.8 Å². The third-order valence-electron chi connectivity index (χ3n) is 8.18. The number of alkyl halides is 2. The maximum Gasteiger partial charge on any atom is 0.0447 e. The zero-order valence-electron chi connectivity index (χ0n) is 25.9. The van der Waals surface area contributed by atoms with Crippen LogP contribution in [0, 0.1) is 0 Å². The number of likely N-dealkylation sites (N-methyl/N-ethyl adjacent to an activating group) is 2. The lowest BCUT2D eigenvalue weighted by Crippen LogP contribution is -2.26. The molecule has 3 aromatic carbocycles. The number of benzene rings is 3. The Hall–Kier alpha value is -1.95. The molecule has 2 N–H and O–H groups in total. The molecule has 0 saturated heterocycles. The van der Waals surface area contributed by atoms with Crippen molar-refractivity contribution < 1.29 is 0 Å². The van der Waals surface area contributed by atoms with E-state index in [0.717, 1.165) is 74.1 Å². The van der Waals surface area contributed by atoms with Gasteiger partial charge in [-0.05, 0) is 72.9 Å². The second kappa shape index (κ2) is 18.7. The van der Waals surface area contributed by atoms with Crippen LogP contribution in [-0.4, -0.2) is 73.9 Å². The predicted molar refractivity (Wildman–Crippen MR) is 187 cm³/mol. The number of halogens is 3. The summed E-state index contributed by atoms with van der Waals surface area (Å²) in [5.74, 6) is 0.977. The Kier molecular flexibility index (Phi) is 15.3. The first-order valence-electron chi connectivity index (χ1n) is 15.5. The highest BCUT2D eigenvalue weighted by Gasteiger charge is 2.27. The molecule has 0 atom stereocenters. The first kappa shape index (κ1) is 34.5. The maximum absolute atomic E-state index is 7.00. The normalized spacial score (nSPS) is 11.6. The van der Waals surface area contributed by atoms with Gasteiger partial charge in [0.2, 0.25) is 0 Å². The molecule has 3 rings (SSSR count). The molecule has 42 heavy (non-hydrogen) atoms. The van der Waals surface area contributed by atoms with E-state index < -0.39 is 0 Å². The van der Waals surface area contributed by atoms with Gasteiger partial charge in [0.05, 0.1) is 0 Å². The van der Waals surface area contributed by atoms with Gasteiger partial charge in [0.25, 0.3) is 0 Å². The van der Waals surface area contributed by atoms with Crippen LogP contribution in [0.15, 0.2) is 60.7 Å². The van der Waals surface area contributed by atoms with Crippen molar-refractivity contribution in [1.29, 1.82) is 0 Å². The summed E-state index contributed by atoms with van der Waals surface area (Å²) in [4.78, 5) is 4.94. The van der Waals surface area contributed by atoms with Crippen LogP contribution >= 0.6 is 34.8 Å². The van der Waals surface area contributed by atoms with E-state index >= 15 is 0 Å². The third-order valence-corrected chi connectivity index (χ3v) is 8.90. The van der Waals surface area contributed by atoms with E-state index in [1.165, 1.54) is 22.3 Å². The van der Waals surface area contributed by atoms with Gasteiger partial charge in [-0.25, -0.2) is 0 Å². The molecule has 0 spiro atoms. The van der Waals surface area contributed by atoms with Crippen LogP contribution in [-0.2, 0) is 12.8 Å². The Labute approximate surface area is 269 Å².